The van der Waals surface area contributed by atoms with Crippen LogP contribution in [0.1, 0.15) is 43.4 Å². The van der Waals surface area contributed by atoms with Crippen molar-refractivity contribution in [1.82, 2.24) is 4.90 Å². The average Bonchev–Trinajstić information content (AvgIpc) is 2.87. The summed E-state index contributed by atoms with van der Waals surface area (Å²) in [5.74, 6) is 0.955. The van der Waals surface area contributed by atoms with Gasteiger partial charge in [-0.15, -0.1) is 0 Å². The largest absolute Gasteiger partial charge is 0.493 e. The van der Waals surface area contributed by atoms with Gasteiger partial charge in [0.25, 0.3) is 0 Å². The molecule has 1 aromatic carbocycles. The molecule has 1 aliphatic heterocycles. The zero-order valence-electron chi connectivity index (χ0n) is 12.2. The Kier molecular flexibility index (Phi) is 5.23. The van der Waals surface area contributed by atoms with E-state index in [1.165, 1.54) is 31.5 Å². The number of rotatable bonds is 6. The monoisotopic (exact) mass is 262 g/mol. The van der Waals surface area contributed by atoms with E-state index in [1.807, 2.05) is 6.92 Å². The molecule has 3 heteroatoms. The van der Waals surface area contributed by atoms with E-state index in [1.54, 1.807) is 0 Å². The molecule has 1 aromatic rings. The first-order valence-electron chi connectivity index (χ1n) is 7.38. The molecule has 1 atom stereocenters. The van der Waals surface area contributed by atoms with Crippen molar-refractivity contribution < 1.29 is 4.74 Å². The summed E-state index contributed by atoms with van der Waals surface area (Å²) in [5.41, 5.74) is 8.30. The predicted octanol–water partition coefficient (Wildman–Crippen LogP) is 2.88. The van der Waals surface area contributed by atoms with Crippen molar-refractivity contribution >= 4 is 0 Å². The lowest BCUT2D eigenvalue weighted by atomic mass is 10.1. The summed E-state index contributed by atoms with van der Waals surface area (Å²) >= 11 is 0. The van der Waals surface area contributed by atoms with E-state index in [0.717, 1.165) is 30.9 Å². The Hall–Kier alpha value is -1.06. The molecule has 1 heterocycles. The Balaban J connectivity index is 1.82. The zero-order valence-corrected chi connectivity index (χ0v) is 12.2. The lowest BCUT2D eigenvalue weighted by Crippen LogP contribution is -2.22. The molecule has 2 N–H and O–H groups in total. The Morgan fingerprint density at radius 2 is 2.05 bits per heavy atom. The van der Waals surface area contributed by atoms with Crippen LogP contribution in [0.2, 0.25) is 0 Å². The minimum absolute atomic E-state index is 0.0224. The van der Waals surface area contributed by atoms with Crippen molar-refractivity contribution in [2.75, 3.05) is 26.2 Å². The van der Waals surface area contributed by atoms with Crippen LogP contribution in [-0.2, 0) is 0 Å². The van der Waals surface area contributed by atoms with Crippen molar-refractivity contribution in [3.63, 3.8) is 0 Å². The molecule has 0 aromatic heterocycles. The van der Waals surface area contributed by atoms with Crippen molar-refractivity contribution in [2.24, 2.45) is 5.73 Å². The van der Waals surface area contributed by atoms with Crippen molar-refractivity contribution in [3.8, 4) is 5.75 Å². The highest BCUT2D eigenvalue weighted by atomic mass is 16.5. The summed E-state index contributed by atoms with van der Waals surface area (Å²) in [5, 5.41) is 0. The third-order valence-corrected chi connectivity index (χ3v) is 3.73. The van der Waals surface area contributed by atoms with Gasteiger partial charge in [0.15, 0.2) is 0 Å². The Morgan fingerprint density at radius 1 is 1.32 bits per heavy atom. The maximum absolute atomic E-state index is 5.98. The molecule has 106 valence electrons. The molecule has 0 amide bonds. The first-order chi connectivity index (χ1) is 9.16. The van der Waals surface area contributed by atoms with Crippen molar-refractivity contribution in [3.05, 3.63) is 29.3 Å². The number of hydrogen-bond donors (Lipinski definition) is 1. The van der Waals surface area contributed by atoms with Crippen LogP contribution < -0.4 is 10.5 Å². The standard InChI is InChI=1S/C16H26N2O/c1-13-6-7-15(14(2)17)16(12-13)19-11-5-10-18-8-3-4-9-18/h6-7,12,14H,3-5,8-11,17H2,1-2H3/t14-/m0/s1. The predicted molar refractivity (Wildman–Crippen MR) is 79.6 cm³/mol. The fourth-order valence-corrected chi connectivity index (χ4v) is 2.62. The molecule has 0 aliphatic carbocycles. The van der Waals surface area contributed by atoms with Crippen LogP contribution in [0.5, 0.6) is 5.75 Å². The molecule has 0 radical (unpaired) electrons. The molecule has 0 saturated carbocycles. The number of ether oxygens (including phenoxy) is 1. The summed E-state index contributed by atoms with van der Waals surface area (Å²) < 4.78 is 5.93. The van der Waals surface area contributed by atoms with Gasteiger partial charge < -0.3 is 15.4 Å². The van der Waals surface area contributed by atoms with E-state index in [2.05, 4.69) is 30.0 Å². The second-order valence-electron chi connectivity index (χ2n) is 5.58. The van der Waals surface area contributed by atoms with Gasteiger partial charge in [-0.25, -0.2) is 0 Å². The Bertz CT molecular complexity index is 398. The quantitative estimate of drug-likeness (QED) is 0.801. The summed E-state index contributed by atoms with van der Waals surface area (Å²) in [6, 6.07) is 6.29. The highest BCUT2D eigenvalue weighted by Crippen LogP contribution is 2.25. The topological polar surface area (TPSA) is 38.5 Å². The minimum atomic E-state index is 0.0224. The first kappa shape index (κ1) is 14.4. The molecule has 19 heavy (non-hydrogen) atoms. The smallest absolute Gasteiger partial charge is 0.124 e. The number of hydrogen-bond acceptors (Lipinski definition) is 3. The molecule has 1 saturated heterocycles. The van der Waals surface area contributed by atoms with Crippen molar-refractivity contribution in [1.29, 1.82) is 0 Å². The maximum Gasteiger partial charge on any atom is 0.124 e. The summed E-state index contributed by atoms with van der Waals surface area (Å²) in [4.78, 5) is 2.52. The lowest BCUT2D eigenvalue weighted by Gasteiger charge is -2.17. The SMILES string of the molecule is Cc1ccc([C@H](C)N)c(OCCCN2CCCC2)c1. The van der Waals surface area contributed by atoms with E-state index in [0.29, 0.717) is 0 Å². The van der Waals surface area contributed by atoms with Gasteiger partial charge in [0, 0.05) is 18.2 Å². The molecule has 2 rings (SSSR count). The molecule has 0 bridgehead atoms. The van der Waals surface area contributed by atoms with Gasteiger partial charge in [0.1, 0.15) is 5.75 Å². The second-order valence-corrected chi connectivity index (χ2v) is 5.58. The van der Waals surface area contributed by atoms with E-state index in [9.17, 15) is 0 Å². The second kappa shape index (κ2) is 6.92. The summed E-state index contributed by atoms with van der Waals surface area (Å²) in [7, 11) is 0. The molecule has 0 unspecified atom stereocenters. The van der Waals surface area contributed by atoms with Crippen LogP contribution >= 0.6 is 0 Å². The highest BCUT2D eigenvalue weighted by Gasteiger charge is 2.11. The van der Waals surface area contributed by atoms with Gasteiger partial charge in [0.05, 0.1) is 6.61 Å². The molecular formula is C16H26N2O. The Morgan fingerprint density at radius 3 is 2.74 bits per heavy atom. The normalized spacial score (nSPS) is 17.6. The number of nitrogens with two attached hydrogens (primary N) is 1. The van der Waals surface area contributed by atoms with E-state index >= 15 is 0 Å². The number of likely N-dealkylation sites (tertiary alicyclic amines) is 1. The molecule has 3 nitrogen and oxygen atoms in total. The number of nitrogens with zero attached hydrogens (tertiary/aromatic N) is 1. The van der Waals surface area contributed by atoms with Gasteiger partial charge in [0.2, 0.25) is 0 Å². The fourth-order valence-electron chi connectivity index (χ4n) is 2.62. The van der Waals surface area contributed by atoms with Crippen LogP contribution in [-0.4, -0.2) is 31.1 Å². The van der Waals surface area contributed by atoms with E-state index in [-0.39, 0.29) is 6.04 Å². The first-order valence-corrected chi connectivity index (χ1v) is 7.38. The van der Waals surface area contributed by atoms with E-state index in [4.69, 9.17) is 10.5 Å². The van der Waals surface area contributed by atoms with Crippen molar-refractivity contribution in [2.45, 2.75) is 39.2 Å². The average molecular weight is 262 g/mol. The maximum atomic E-state index is 5.98. The van der Waals surface area contributed by atoms with Crippen LogP contribution in [0.3, 0.4) is 0 Å². The third-order valence-electron chi connectivity index (χ3n) is 3.73. The number of benzene rings is 1. The fraction of sp³-hybridized carbons (Fsp3) is 0.625. The summed E-state index contributed by atoms with van der Waals surface area (Å²) in [6.07, 6.45) is 3.80. The van der Waals surface area contributed by atoms with E-state index < -0.39 is 0 Å². The molecule has 1 aliphatic rings. The zero-order chi connectivity index (χ0) is 13.7. The van der Waals surface area contributed by atoms with Gasteiger partial charge >= 0.3 is 0 Å². The highest BCUT2D eigenvalue weighted by molar-refractivity contribution is 5.38. The van der Waals surface area contributed by atoms with Crippen LogP contribution in [0.15, 0.2) is 18.2 Å². The van der Waals surface area contributed by atoms with Gasteiger partial charge in [-0.1, -0.05) is 12.1 Å². The van der Waals surface area contributed by atoms with Crippen LogP contribution in [0, 0.1) is 6.92 Å². The van der Waals surface area contributed by atoms with Gasteiger partial charge in [-0.05, 0) is 57.8 Å². The molecule has 0 spiro atoms. The molecule has 1 fully saturated rings. The summed E-state index contributed by atoms with van der Waals surface area (Å²) in [6.45, 7) is 8.54. The number of aryl methyl sites for hydroxylation is 1. The minimum Gasteiger partial charge on any atom is -0.493 e. The van der Waals surface area contributed by atoms with Gasteiger partial charge in [-0.3, -0.25) is 0 Å². The van der Waals surface area contributed by atoms with Crippen LogP contribution in [0.25, 0.3) is 0 Å². The van der Waals surface area contributed by atoms with Gasteiger partial charge in [-0.2, -0.15) is 0 Å². The third kappa shape index (κ3) is 4.22. The molecular weight excluding hydrogens is 236 g/mol. The lowest BCUT2D eigenvalue weighted by molar-refractivity contribution is 0.261. The van der Waals surface area contributed by atoms with Crippen LogP contribution in [0.4, 0.5) is 0 Å². The Labute approximate surface area is 116 Å².